The molecule has 2 N–H and O–H groups in total. The van der Waals surface area contributed by atoms with E-state index < -0.39 is 23.9 Å². The summed E-state index contributed by atoms with van der Waals surface area (Å²) in [7, 11) is 0.938. The van der Waals surface area contributed by atoms with Crippen molar-refractivity contribution < 1.29 is 35.1 Å². The molecule has 16 heavy (non-hydrogen) atoms. The van der Waals surface area contributed by atoms with Gasteiger partial charge in [0.15, 0.2) is 0 Å². The van der Waals surface area contributed by atoms with Gasteiger partial charge in [0.05, 0.1) is 0 Å². The van der Waals surface area contributed by atoms with Crippen LogP contribution in [0.4, 0.5) is 35.1 Å². The van der Waals surface area contributed by atoms with Gasteiger partial charge in [0.1, 0.15) is 0 Å². The van der Waals surface area contributed by atoms with E-state index in [2.05, 4.69) is 0 Å². The van der Waals surface area contributed by atoms with Gasteiger partial charge in [-0.15, -0.1) is 0 Å². The lowest BCUT2D eigenvalue weighted by atomic mass is 10.1. The van der Waals surface area contributed by atoms with Crippen LogP contribution in [0, 0.1) is 0 Å². The quantitative estimate of drug-likeness (QED) is 0.458. The Balaban J connectivity index is 5.51. The molecule has 0 radical (unpaired) electrons. The first-order valence-corrected chi connectivity index (χ1v) is 3.76. The lowest BCUT2D eigenvalue weighted by Crippen LogP contribution is -2.71. The summed E-state index contributed by atoms with van der Waals surface area (Å²) in [5.74, 6) is -16.9. The van der Waals surface area contributed by atoms with Crippen LogP contribution < -0.4 is 10.6 Å². The number of rotatable bonds is 4. The lowest BCUT2D eigenvalue weighted by molar-refractivity contribution is -0.385. The molecule has 0 aliphatic heterocycles. The van der Waals surface area contributed by atoms with Crippen LogP contribution in [0.5, 0.6) is 0 Å². The number of nitrogens with one attached hydrogen (secondary N) is 2. The highest BCUT2D eigenvalue weighted by Gasteiger charge is 2.80. The molecule has 0 saturated carbocycles. The maximum atomic E-state index is 13.1. The summed E-state index contributed by atoms with van der Waals surface area (Å²) in [6.45, 7) is 0. The first-order chi connectivity index (χ1) is 6.87. The van der Waals surface area contributed by atoms with Gasteiger partial charge >= 0.3 is 18.0 Å². The SMILES string of the molecule is CNC(F)(NC)C(F)(F)C(F)(F)C(F)(F)F. The molecule has 0 aromatic heterocycles. The zero-order valence-electron chi connectivity index (χ0n) is 8.02. The standard InChI is InChI=1S/C6H8F8N2/c1-15-6(14,16-2)4(9,10)3(7,8)5(11,12)13/h15-16H,1-2H3. The number of halogens is 8. The second kappa shape index (κ2) is 3.99. The third-order valence-corrected chi connectivity index (χ3v) is 1.87. The van der Waals surface area contributed by atoms with Crippen molar-refractivity contribution in [3.05, 3.63) is 0 Å². The molecule has 10 heteroatoms. The fraction of sp³-hybridized carbons (Fsp3) is 1.00. The van der Waals surface area contributed by atoms with Crippen LogP contribution in [0.2, 0.25) is 0 Å². The van der Waals surface area contributed by atoms with E-state index in [0.29, 0.717) is 14.1 Å². The van der Waals surface area contributed by atoms with Crippen molar-refractivity contribution >= 4 is 0 Å². The second-order valence-electron chi connectivity index (χ2n) is 2.81. The lowest BCUT2D eigenvalue weighted by Gasteiger charge is -2.37. The molecule has 0 atom stereocenters. The van der Waals surface area contributed by atoms with E-state index in [1.54, 1.807) is 0 Å². The van der Waals surface area contributed by atoms with Crippen LogP contribution in [-0.2, 0) is 0 Å². The van der Waals surface area contributed by atoms with Crippen LogP contribution in [0.15, 0.2) is 0 Å². The largest absolute Gasteiger partial charge is 0.460 e. The molecule has 2 nitrogen and oxygen atoms in total. The summed E-state index contributed by atoms with van der Waals surface area (Å²) in [5, 5.41) is 2.08. The Morgan fingerprint density at radius 3 is 1.12 bits per heavy atom. The molecule has 0 unspecified atom stereocenters. The maximum Gasteiger partial charge on any atom is 0.460 e. The Bertz CT molecular complexity index is 243. The van der Waals surface area contributed by atoms with E-state index in [-0.39, 0.29) is 0 Å². The molecule has 0 saturated heterocycles. The second-order valence-corrected chi connectivity index (χ2v) is 2.81. The fourth-order valence-electron chi connectivity index (χ4n) is 0.833. The molecule has 0 aromatic rings. The maximum absolute atomic E-state index is 13.1. The first-order valence-electron chi connectivity index (χ1n) is 3.76. The van der Waals surface area contributed by atoms with Gasteiger partial charge in [0, 0.05) is 0 Å². The van der Waals surface area contributed by atoms with E-state index >= 15 is 0 Å². The van der Waals surface area contributed by atoms with Gasteiger partial charge in [-0.1, -0.05) is 0 Å². The number of hydrogen-bond acceptors (Lipinski definition) is 2. The van der Waals surface area contributed by atoms with Gasteiger partial charge in [-0.05, 0) is 14.1 Å². The van der Waals surface area contributed by atoms with Crippen molar-refractivity contribution in [1.82, 2.24) is 10.6 Å². The average molecular weight is 260 g/mol. The Hall–Kier alpha value is -0.640. The Morgan fingerprint density at radius 2 is 0.938 bits per heavy atom. The molecule has 0 bridgehead atoms. The van der Waals surface area contributed by atoms with E-state index in [1.807, 2.05) is 0 Å². The van der Waals surface area contributed by atoms with Crippen molar-refractivity contribution in [3.63, 3.8) is 0 Å². The molecule has 0 aromatic carbocycles. The Morgan fingerprint density at radius 1 is 0.625 bits per heavy atom. The molecule has 0 heterocycles. The number of alkyl halides is 8. The van der Waals surface area contributed by atoms with Gasteiger partial charge in [0.25, 0.3) is 5.92 Å². The van der Waals surface area contributed by atoms with Crippen LogP contribution in [0.25, 0.3) is 0 Å². The molecule has 0 fully saturated rings. The first kappa shape index (κ1) is 15.4. The van der Waals surface area contributed by atoms with Crippen molar-refractivity contribution in [2.75, 3.05) is 14.1 Å². The topological polar surface area (TPSA) is 24.1 Å². The summed E-state index contributed by atoms with van der Waals surface area (Å²) in [6.07, 6.45) is -6.57. The predicted molar refractivity (Wildman–Crippen MR) is 37.9 cm³/mol. The summed E-state index contributed by atoms with van der Waals surface area (Å²) in [5.41, 5.74) is 0. The van der Waals surface area contributed by atoms with E-state index in [0.717, 1.165) is 10.6 Å². The molecule has 98 valence electrons. The third-order valence-electron chi connectivity index (χ3n) is 1.87. The molecular formula is C6H8F8N2. The highest BCUT2D eigenvalue weighted by atomic mass is 19.4. The smallest absolute Gasteiger partial charge is 0.270 e. The minimum absolute atomic E-state index is 0.469. The summed E-state index contributed by atoms with van der Waals surface area (Å²) in [6, 6.07) is 0. The molecule has 0 rings (SSSR count). The van der Waals surface area contributed by atoms with Crippen molar-refractivity contribution in [1.29, 1.82) is 0 Å². The van der Waals surface area contributed by atoms with Crippen LogP contribution in [-0.4, -0.2) is 38.0 Å². The third kappa shape index (κ3) is 1.95. The van der Waals surface area contributed by atoms with E-state index in [9.17, 15) is 35.1 Å². The van der Waals surface area contributed by atoms with Crippen LogP contribution >= 0.6 is 0 Å². The predicted octanol–water partition coefficient (Wildman–Crippen LogP) is 1.88. The van der Waals surface area contributed by atoms with E-state index in [1.165, 1.54) is 0 Å². The summed E-state index contributed by atoms with van der Waals surface area (Å²) < 4.78 is 98.5. The van der Waals surface area contributed by atoms with Crippen molar-refractivity contribution in [2.24, 2.45) is 0 Å². The highest BCUT2D eigenvalue weighted by molar-refractivity contribution is 5.01. The van der Waals surface area contributed by atoms with Crippen molar-refractivity contribution in [2.45, 2.75) is 23.9 Å². The fourth-order valence-corrected chi connectivity index (χ4v) is 0.833. The Kier molecular flexibility index (Phi) is 3.83. The van der Waals surface area contributed by atoms with E-state index in [4.69, 9.17) is 0 Å². The normalized spacial score (nSPS) is 15.4. The zero-order chi connectivity index (χ0) is 13.4. The minimum Gasteiger partial charge on any atom is -0.270 e. The molecule has 0 spiro atoms. The number of hydrogen-bond donors (Lipinski definition) is 2. The monoisotopic (exact) mass is 260 g/mol. The van der Waals surface area contributed by atoms with Gasteiger partial charge < -0.3 is 0 Å². The van der Waals surface area contributed by atoms with Gasteiger partial charge in [-0.25, -0.2) is 4.39 Å². The average Bonchev–Trinajstić information content (AvgIpc) is 2.14. The highest BCUT2D eigenvalue weighted by Crippen LogP contribution is 2.50. The molecular weight excluding hydrogens is 252 g/mol. The van der Waals surface area contributed by atoms with Gasteiger partial charge in [-0.3, -0.25) is 10.6 Å². The van der Waals surface area contributed by atoms with Gasteiger partial charge in [-0.2, -0.15) is 30.7 Å². The van der Waals surface area contributed by atoms with Crippen LogP contribution in [0.1, 0.15) is 0 Å². The van der Waals surface area contributed by atoms with Crippen LogP contribution in [0.3, 0.4) is 0 Å². The Labute approximate surface area is 85.0 Å². The summed E-state index contributed by atoms with van der Waals surface area (Å²) >= 11 is 0. The van der Waals surface area contributed by atoms with Crippen molar-refractivity contribution in [3.8, 4) is 0 Å². The molecule has 0 amide bonds. The van der Waals surface area contributed by atoms with Gasteiger partial charge in [0.2, 0.25) is 0 Å². The minimum atomic E-state index is -6.57. The summed E-state index contributed by atoms with van der Waals surface area (Å²) in [4.78, 5) is 0. The zero-order valence-corrected chi connectivity index (χ0v) is 8.02. The molecule has 0 aliphatic rings. The molecule has 0 aliphatic carbocycles.